The molecule has 2 rings (SSSR count). The van der Waals surface area contributed by atoms with E-state index >= 15 is 0 Å². The highest BCUT2D eigenvalue weighted by Crippen LogP contribution is 2.29. The van der Waals surface area contributed by atoms with Crippen LogP contribution in [0.3, 0.4) is 0 Å². The normalized spacial score (nSPS) is 19.2. The van der Waals surface area contributed by atoms with E-state index < -0.39 is 0 Å². The topological polar surface area (TPSA) is 51.0 Å². The van der Waals surface area contributed by atoms with Gasteiger partial charge in [0.05, 0.1) is 0 Å². The van der Waals surface area contributed by atoms with Crippen LogP contribution < -0.4 is 5.32 Å². The van der Waals surface area contributed by atoms with Gasteiger partial charge in [-0.1, -0.05) is 51.6 Å². The third-order valence-electron chi connectivity index (χ3n) is 4.37. The number of nitrogens with zero attached hydrogens (tertiary/aromatic N) is 2. The maximum Gasteiger partial charge on any atom is 0.228 e. The average molecular weight is 279 g/mol. The molecule has 1 saturated carbocycles. The summed E-state index contributed by atoms with van der Waals surface area (Å²) in [6.07, 6.45) is 8.61. The van der Waals surface area contributed by atoms with Gasteiger partial charge in [-0.05, 0) is 25.3 Å². The third kappa shape index (κ3) is 4.30. The van der Waals surface area contributed by atoms with Crippen LogP contribution in [0.4, 0.5) is 0 Å². The molecule has 114 valence electrons. The van der Waals surface area contributed by atoms with Gasteiger partial charge in [-0.15, -0.1) is 0 Å². The zero-order chi connectivity index (χ0) is 14.4. The minimum atomic E-state index is 0.419. The van der Waals surface area contributed by atoms with E-state index in [-0.39, 0.29) is 0 Å². The Morgan fingerprint density at radius 2 is 1.90 bits per heavy atom. The molecule has 0 amide bonds. The van der Waals surface area contributed by atoms with Crippen LogP contribution in [0.15, 0.2) is 4.52 Å². The number of hydrogen-bond acceptors (Lipinski definition) is 4. The first kappa shape index (κ1) is 15.5. The fourth-order valence-electron chi connectivity index (χ4n) is 3.05. The second-order valence-corrected chi connectivity index (χ2v) is 6.35. The van der Waals surface area contributed by atoms with E-state index in [0.29, 0.717) is 17.9 Å². The third-order valence-corrected chi connectivity index (χ3v) is 4.37. The van der Waals surface area contributed by atoms with Gasteiger partial charge in [0.25, 0.3) is 0 Å². The van der Waals surface area contributed by atoms with E-state index in [9.17, 15) is 0 Å². The summed E-state index contributed by atoms with van der Waals surface area (Å²) in [5.74, 6) is 2.83. The molecule has 0 radical (unpaired) electrons. The second-order valence-electron chi connectivity index (χ2n) is 6.35. The summed E-state index contributed by atoms with van der Waals surface area (Å²) in [5, 5.41) is 7.74. The van der Waals surface area contributed by atoms with Gasteiger partial charge in [0.2, 0.25) is 5.89 Å². The first-order valence-electron chi connectivity index (χ1n) is 8.26. The summed E-state index contributed by atoms with van der Waals surface area (Å²) >= 11 is 0. The SMILES string of the molecule is CCNC(Cc1nc(C2CCCCCC2)no1)C(C)C. The molecule has 4 nitrogen and oxygen atoms in total. The van der Waals surface area contributed by atoms with Crippen molar-refractivity contribution in [2.24, 2.45) is 5.92 Å². The summed E-state index contributed by atoms with van der Waals surface area (Å²) < 4.78 is 5.48. The molecular formula is C16H29N3O. The van der Waals surface area contributed by atoms with E-state index in [0.717, 1.165) is 24.7 Å². The first-order valence-corrected chi connectivity index (χ1v) is 8.26. The standard InChI is InChI=1S/C16H29N3O/c1-4-17-14(12(2)3)11-15-18-16(19-20-15)13-9-7-5-6-8-10-13/h12-14,17H,4-11H2,1-3H3. The lowest BCUT2D eigenvalue weighted by Gasteiger charge is -2.19. The van der Waals surface area contributed by atoms with Crippen molar-refractivity contribution in [2.45, 2.75) is 77.7 Å². The zero-order valence-electron chi connectivity index (χ0n) is 13.2. The first-order chi connectivity index (χ1) is 9.70. The average Bonchev–Trinajstić information content (AvgIpc) is 2.72. The Morgan fingerprint density at radius 1 is 1.20 bits per heavy atom. The van der Waals surface area contributed by atoms with Crippen LogP contribution >= 0.6 is 0 Å². The van der Waals surface area contributed by atoms with Gasteiger partial charge in [0.1, 0.15) is 0 Å². The van der Waals surface area contributed by atoms with Crippen LogP contribution in [-0.4, -0.2) is 22.7 Å². The fourth-order valence-corrected chi connectivity index (χ4v) is 3.05. The highest BCUT2D eigenvalue weighted by atomic mass is 16.5. The van der Waals surface area contributed by atoms with Crippen LogP contribution in [0.2, 0.25) is 0 Å². The maximum atomic E-state index is 5.48. The smallest absolute Gasteiger partial charge is 0.228 e. The number of hydrogen-bond donors (Lipinski definition) is 1. The molecular weight excluding hydrogens is 250 g/mol. The monoisotopic (exact) mass is 279 g/mol. The molecule has 1 aliphatic rings. The molecule has 1 heterocycles. The lowest BCUT2D eigenvalue weighted by atomic mass is 9.99. The molecule has 1 N–H and O–H groups in total. The Bertz CT molecular complexity index is 381. The lowest BCUT2D eigenvalue weighted by Crippen LogP contribution is -2.35. The van der Waals surface area contributed by atoms with Gasteiger partial charge in [-0.2, -0.15) is 4.98 Å². The molecule has 20 heavy (non-hydrogen) atoms. The number of rotatable bonds is 6. The van der Waals surface area contributed by atoms with E-state index in [1.807, 2.05) is 0 Å². The largest absolute Gasteiger partial charge is 0.339 e. The molecule has 1 aromatic heterocycles. The minimum absolute atomic E-state index is 0.419. The van der Waals surface area contributed by atoms with Crippen LogP contribution in [0, 0.1) is 5.92 Å². The van der Waals surface area contributed by atoms with Gasteiger partial charge in [0.15, 0.2) is 5.82 Å². The molecule has 1 fully saturated rings. The van der Waals surface area contributed by atoms with Gasteiger partial charge in [-0.25, -0.2) is 0 Å². The van der Waals surface area contributed by atoms with E-state index in [4.69, 9.17) is 4.52 Å². The van der Waals surface area contributed by atoms with Crippen molar-refractivity contribution < 1.29 is 4.52 Å². The Hall–Kier alpha value is -0.900. The fraction of sp³-hybridized carbons (Fsp3) is 0.875. The summed E-state index contributed by atoms with van der Waals surface area (Å²) in [6.45, 7) is 7.58. The summed E-state index contributed by atoms with van der Waals surface area (Å²) in [7, 11) is 0. The van der Waals surface area contributed by atoms with Crippen molar-refractivity contribution in [1.29, 1.82) is 0 Å². The molecule has 1 unspecified atom stereocenters. The van der Waals surface area contributed by atoms with Crippen molar-refractivity contribution in [3.05, 3.63) is 11.7 Å². The molecule has 1 aromatic rings. The molecule has 4 heteroatoms. The van der Waals surface area contributed by atoms with Crippen molar-refractivity contribution in [3.63, 3.8) is 0 Å². The maximum absolute atomic E-state index is 5.48. The van der Waals surface area contributed by atoms with Crippen molar-refractivity contribution in [3.8, 4) is 0 Å². The Kier molecular flexibility index (Phi) is 6.02. The van der Waals surface area contributed by atoms with Gasteiger partial charge < -0.3 is 9.84 Å². The number of likely N-dealkylation sites (N-methyl/N-ethyl adjacent to an activating group) is 1. The second kappa shape index (κ2) is 7.77. The zero-order valence-corrected chi connectivity index (χ0v) is 13.2. The molecule has 1 aliphatic carbocycles. The predicted molar refractivity (Wildman–Crippen MR) is 80.7 cm³/mol. The minimum Gasteiger partial charge on any atom is -0.339 e. The molecule has 0 aliphatic heterocycles. The molecule has 0 saturated heterocycles. The van der Waals surface area contributed by atoms with Crippen LogP contribution in [0.1, 0.15) is 76.9 Å². The lowest BCUT2D eigenvalue weighted by molar-refractivity contribution is 0.325. The van der Waals surface area contributed by atoms with E-state index in [2.05, 4.69) is 36.2 Å². The highest BCUT2D eigenvalue weighted by Gasteiger charge is 2.22. The summed E-state index contributed by atoms with van der Waals surface area (Å²) in [4.78, 5) is 4.66. The summed E-state index contributed by atoms with van der Waals surface area (Å²) in [6, 6.07) is 0.419. The Morgan fingerprint density at radius 3 is 2.50 bits per heavy atom. The summed E-state index contributed by atoms with van der Waals surface area (Å²) in [5.41, 5.74) is 0. The molecule has 1 atom stereocenters. The molecule has 0 spiro atoms. The molecule has 0 aromatic carbocycles. The van der Waals surface area contributed by atoms with Crippen molar-refractivity contribution >= 4 is 0 Å². The Labute approximate surface area is 122 Å². The predicted octanol–water partition coefficient (Wildman–Crippen LogP) is 3.68. The Balaban J connectivity index is 1.96. The van der Waals surface area contributed by atoms with Gasteiger partial charge in [-0.3, -0.25) is 0 Å². The van der Waals surface area contributed by atoms with Crippen LogP contribution in [-0.2, 0) is 6.42 Å². The number of aromatic nitrogens is 2. The van der Waals surface area contributed by atoms with Crippen molar-refractivity contribution in [2.75, 3.05) is 6.54 Å². The van der Waals surface area contributed by atoms with Gasteiger partial charge in [0, 0.05) is 18.4 Å². The van der Waals surface area contributed by atoms with Crippen LogP contribution in [0.5, 0.6) is 0 Å². The van der Waals surface area contributed by atoms with E-state index in [1.54, 1.807) is 0 Å². The number of nitrogens with one attached hydrogen (secondary N) is 1. The van der Waals surface area contributed by atoms with Crippen LogP contribution in [0.25, 0.3) is 0 Å². The van der Waals surface area contributed by atoms with Crippen molar-refractivity contribution in [1.82, 2.24) is 15.5 Å². The van der Waals surface area contributed by atoms with Gasteiger partial charge >= 0.3 is 0 Å². The molecule has 0 bridgehead atoms. The highest BCUT2D eigenvalue weighted by molar-refractivity contribution is 4.97. The van der Waals surface area contributed by atoms with E-state index in [1.165, 1.54) is 38.5 Å². The quantitative estimate of drug-likeness (QED) is 0.807.